The number of carbonyl (C=O) groups excluding carboxylic acids is 1. The summed E-state index contributed by atoms with van der Waals surface area (Å²) in [6.07, 6.45) is 0.110. The normalized spacial score (nSPS) is 21.8. The van der Waals surface area contributed by atoms with Gasteiger partial charge < -0.3 is 15.2 Å². The molecule has 0 unspecified atom stereocenters. The molecule has 156 valence electrons. The third-order valence-corrected chi connectivity index (χ3v) is 5.80. The second-order valence-electron chi connectivity index (χ2n) is 6.92. The van der Waals surface area contributed by atoms with Crippen LogP contribution in [0, 0.1) is 6.92 Å². The topological polar surface area (TPSA) is 148 Å². The molecule has 11 heteroatoms. The Hall–Kier alpha value is -2.76. The van der Waals surface area contributed by atoms with Gasteiger partial charge in [0, 0.05) is 36.5 Å². The van der Waals surface area contributed by atoms with E-state index in [1.54, 1.807) is 6.92 Å². The highest BCUT2D eigenvalue weighted by molar-refractivity contribution is 7.90. The molecule has 0 bridgehead atoms. The lowest BCUT2D eigenvalue weighted by Gasteiger charge is -2.17. The number of aliphatic hydroxyl groups is 1. The lowest BCUT2D eigenvalue weighted by Crippen LogP contribution is -2.37. The van der Waals surface area contributed by atoms with Gasteiger partial charge in [0.2, 0.25) is 0 Å². The highest BCUT2D eigenvalue weighted by Crippen LogP contribution is 2.27. The van der Waals surface area contributed by atoms with E-state index in [0.717, 1.165) is 6.26 Å². The zero-order chi connectivity index (χ0) is 21.3. The molecule has 2 aromatic rings. The van der Waals surface area contributed by atoms with Crippen LogP contribution < -0.4 is 16.6 Å². The van der Waals surface area contributed by atoms with Crippen LogP contribution in [-0.2, 0) is 14.6 Å². The summed E-state index contributed by atoms with van der Waals surface area (Å²) < 4.78 is 29.8. The van der Waals surface area contributed by atoms with Crippen molar-refractivity contribution in [3.8, 4) is 0 Å². The lowest BCUT2D eigenvalue weighted by molar-refractivity contribution is -0.0187. The number of aliphatic hydroxyl groups excluding tert-OH is 1. The van der Waals surface area contributed by atoms with Gasteiger partial charge in [0.05, 0.1) is 11.0 Å². The number of benzene rings is 1. The minimum absolute atomic E-state index is 0.0125. The first kappa shape index (κ1) is 21.0. The first-order chi connectivity index (χ1) is 13.6. The number of nitrogens with one attached hydrogen (secondary N) is 2. The van der Waals surface area contributed by atoms with Crippen LogP contribution in [0.1, 0.15) is 28.6 Å². The molecule has 3 atom stereocenters. The maximum absolute atomic E-state index is 12.3. The number of amides is 1. The number of sulfone groups is 1. The molecule has 1 fully saturated rings. The van der Waals surface area contributed by atoms with E-state index in [0.29, 0.717) is 5.56 Å². The second-order valence-corrected chi connectivity index (χ2v) is 8.93. The summed E-state index contributed by atoms with van der Waals surface area (Å²) in [5.74, 6) is -0.457. The van der Waals surface area contributed by atoms with Crippen molar-refractivity contribution in [1.82, 2.24) is 14.9 Å². The molecule has 2 heterocycles. The Morgan fingerprint density at radius 2 is 1.97 bits per heavy atom. The van der Waals surface area contributed by atoms with Crippen LogP contribution in [0.4, 0.5) is 0 Å². The number of hydrogen-bond acceptors (Lipinski definition) is 7. The molecule has 1 aromatic carbocycles. The van der Waals surface area contributed by atoms with Gasteiger partial charge in [-0.25, -0.2) is 13.2 Å². The minimum atomic E-state index is -3.35. The fourth-order valence-electron chi connectivity index (χ4n) is 3.02. The van der Waals surface area contributed by atoms with Crippen LogP contribution in [-0.4, -0.2) is 54.0 Å². The third kappa shape index (κ3) is 4.63. The van der Waals surface area contributed by atoms with Crippen LogP contribution in [0.15, 0.2) is 44.9 Å². The van der Waals surface area contributed by atoms with E-state index in [2.05, 4.69) is 10.3 Å². The molecular weight excluding hydrogens is 402 g/mol. The molecule has 0 aliphatic carbocycles. The molecule has 3 N–H and O–H groups in total. The highest BCUT2D eigenvalue weighted by atomic mass is 32.2. The minimum Gasteiger partial charge on any atom is -0.390 e. The molecule has 0 spiro atoms. The summed E-state index contributed by atoms with van der Waals surface area (Å²) in [7, 11) is -3.35. The summed E-state index contributed by atoms with van der Waals surface area (Å²) in [4.78, 5) is 38.0. The number of carbonyl (C=O) groups is 1. The lowest BCUT2D eigenvalue weighted by atomic mass is 10.1. The van der Waals surface area contributed by atoms with Gasteiger partial charge in [-0.1, -0.05) is 0 Å². The standard InChI is InChI=1S/C18H21N3O7S/c1-10-9-21(18(25)20-16(10)23)15-7-13(22)14(28-15)8-19-17(24)11-3-5-12(6-4-11)29(2,26)27/h3-6,9,13-15,22H,7-8H2,1-2H3,(H,19,24)(H,20,23,25)/t13-,14+,15+/m0/s1. The van der Waals surface area contributed by atoms with Gasteiger partial charge in [0.15, 0.2) is 9.84 Å². The number of hydrogen-bond donors (Lipinski definition) is 3. The van der Waals surface area contributed by atoms with Crippen molar-refractivity contribution in [2.45, 2.75) is 36.7 Å². The van der Waals surface area contributed by atoms with Crippen molar-refractivity contribution in [3.63, 3.8) is 0 Å². The molecule has 29 heavy (non-hydrogen) atoms. The molecule has 1 aliphatic rings. The van der Waals surface area contributed by atoms with Crippen LogP contribution in [0.3, 0.4) is 0 Å². The van der Waals surface area contributed by atoms with Gasteiger partial charge in [-0.2, -0.15) is 0 Å². The molecule has 0 radical (unpaired) electrons. The Morgan fingerprint density at radius 1 is 1.31 bits per heavy atom. The average molecular weight is 423 g/mol. The Bertz CT molecular complexity index is 1140. The highest BCUT2D eigenvalue weighted by Gasteiger charge is 2.35. The van der Waals surface area contributed by atoms with E-state index in [1.165, 1.54) is 35.0 Å². The fourth-order valence-corrected chi connectivity index (χ4v) is 3.65. The quantitative estimate of drug-likeness (QED) is 0.577. The Kier molecular flexibility index (Phi) is 5.73. The van der Waals surface area contributed by atoms with E-state index in [4.69, 9.17) is 4.74 Å². The van der Waals surface area contributed by atoms with Crippen molar-refractivity contribution in [3.05, 3.63) is 62.4 Å². The first-order valence-electron chi connectivity index (χ1n) is 8.80. The van der Waals surface area contributed by atoms with Gasteiger partial charge in [-0.05, 0) is 31.2 Å². The van der Waals surface area contributed by atoms with Crippen molar-refractivity contribution < 1.29 is 23.1 Å². The van der Waals surface area contributed by atoms with E-state index < -0.39 is 45.4 Å². The van der Waals surface area contributed by atoms with Crippen LogP contribution in [0.5, 0.6) is 0 Å². The maximum atomic E-state index is 12.3. The molecule has 1 saturated heterocycles. The van der Waals surface area contributed by atoms with Crippen LogP contribution >= 0.6 is 0 Å². The Morgan fingerprint density at radius 3 is 2.59 bits per heavy atom. The summed E-state index contributed by atoms with van der Waals surface area (Å²) >= 11 is 0. The maximum Gasteiger partial charge on any atom is 0.330 e. The smallest absolute Gasteiger partial charge is 0.330 e. The van der Waals surface area contributed by atoms with Gasteiger partial charge in [0.25, 0.3) is 11.5 Å². The molecular formula is C18H21N3O7S. The predicted molar refractivity (Wildman–Crippen MR) is 102 cm³/mol. The number of ether oxygens (including phenoxy) is 1. The number of rotatable bonds is 5. The molecule has 1 amide bonds. The van der Waals surface area contributed by atoms with Crippen LogP contribution in [0.25, 0.3) is 0 Å². The average Bonchev–Trinajstić information content (AvgIpc) is 3.02. The van der Waals surface area contributed by atoms with Gasteiger partial charge >= 0.3 is 5.69 Å². The largest absolute Gasteiger partial charge is 0.390 e. The van der Waals surface area contributed by atoms with E-state index >= 15 is 0 Å². The molecule has 3 rings (SSSR count). The van der Waals surface area contributed by atoms with Crippen molar-refractivity contribution >= 4 is 15.7 Å². The molecule has 0 saturated carbocycles. The predicted octanol–water partition coefficient (Wildman–Crippen LogP) is -0.673. The van der Waals surface area contributed by atoms with E-state index in [9.17, 15) is 27.9 Å². The zero-order valence-electron chi connectivity index (χ0n) is 15.8. The third-order valence-electron chi connectivity index (χ3n) is 4.67. The summed E-state index contributed by atoms with van der Waals surface area (Å²) in [5, 5.41) is 12.8. The fraction of sp³-hybridized carbons (Fsp3) is 0.389. The van der Waals surface area contributed by atoms with Gasteiger partial charge in [-0.3, -0.25) is 19.1 Å². The number of aromatic nitrogens is 2. The SMILES string of the molecule is Cc1cn([C@H]2C[C@H](O)[C@@H](CNC(=O)c3ccc(S(C)(=O)=O)cc3)O2)c(=O)[nH]c1=O. The van der Waals surface area contributed by atoms with Gasteiger partial charge in [0.1, 0.15) is 12.3 Å². The molecule has 10 nitrogen and oxygen atoms in total. The van der Waals surface area contributed by atoms with Crippen molar-refractivity contribution in [2.75, 3.05) is 12.8 Å². The van der Waals surface area contributed by atoms with E-state index in [1.807, 2.05) is 0 Å². The second kappa shape index (κ2) is 7.93. The summed E-state index contributed by atoms with van der Waals surface area (Å²) in [6.45, 7) is 1.54. The zero-order valence-corrected chi connectivity index (χ0v) is 16.6. The van der Waals surface area contributed by atoms with Crippen LogP contribution in [0.2, 0.25) is 0 Å². The number of aromatic amines is 1. The van der Waals surface area contributed by atoms with Crippen molar-refractivity contribution in [2.24, 2.45) is 0 Å². The Labute approximate surface area is 166 Å². The number of nitrogens with zero attached hydrogens (tertiary/aromatic N) is 1. The number of aryl methyl sites for hydroxylation is 1. The monoisotopic (exact) mass is 423 g/mol. The van der Waals surface area contributed by atoms with Gasteiger partial charge in [-0.15, -0.1) is 0 Å². The number of H-pyrrole nitrogens is 1. The molecule has 1 aliphatic heterocycles. The molecule has 1 aromatic heterocycles. The summed E-state index contributed by atoms with van der Waals surface area (Å²) in [5.41, 5.74) is -0.546. The summed E-state index contributed by atoms with van der Waals surface area (Å²) in [6, 6.07) is 5.46. The van der Waals surface area contributed by atoms with Crippen molar-refractivity contribution in [1.29, 1.82) is 0 Å². The first-order valence-corrected chi connectivity index (χ1v) is 10.7. The Balaban J connectivity index is 1.64. The van der Waals surface area contributed by atoms with E-state index in [-0.39, 0.29) is 23.4 Å².